The third-order valence-electron chi connectivity index (χ3n) is 5.09. The number of rotatable bonds is 5. The summed E-state index contributed by atoms with van der Waals surface area (Å²) in [7, 11) is 1.35. The van der Waals surface area contributed by atoms with E-state index in [-0.39, 0.29) is 5.91 Å². The van der Waals surface area contributed by atoms with Gasteiger partial charge in [0.05, 0.1) is 24.1 Å². The molecule has 0 aromatic carbocycles. The van der Waals surface area contributed by atoms with Crippen molar-refractivity contribution in [2.24, 2.45) is 5.16 Å². The first-order valence-electron chi connectivity index (χ1n) is 9.32. The molecule has 1 unspecified atom stereocenters. The second-order valence-corrected chi connectivity index (χ2v) is 7.97. The maximum Gasteiger partial charge on any atom is 0.341 e. The Bertz CT molecular complexity index is 975. The van der Waals surface area contributed by atoms with Crippen molar-refractivity contribution in [2.45, 2.75) is 52.2 Å². The Kier molecular flexibility index (Phi) is 4.92. The van der Waals surface area contributed by atoms with Gasteiger partial charge in [-0.25, -0.2) is 4.79 Å². The lowest BCUT2D eigenvalue weighted by Gasteiger charge is -2.10. The Morgan fingerprint density at radius 1 is 1.43 bits per heavy atom. The minimum Gasteiger partial charge on any atom is -0.465 e. The lowest BCUT2D eigenvalue weighted by Crippen LogP contribution is -2.28. The minimum atomic E-state index is -0.734. The van der Waals surface area contributed by atoms with Crippen molar-refractivity contribution in [3.63, 3.8) is 0 Å². The van der Waals surface area contributed by atoms with E-state index in [1.54, 1.807) is 0 Å². The largest absolute Gasteiger partial charge is 0.465 e. The van der Waals surface area contributed by atoms with Crippen LogP contribution in [0.1, 0.15) is 51.8 Å². The molecule has 2 aliphatic rings. The molecule has 9 heteroatoms. The number of methoxy groups -OCH3 is 1. The predicted molar refractivity (Wildman–Crippen MR) is 105 cm³/mol. The molecular weight excluding hydrogens is 380 g/mol. The molecule has 0 saturated carbocycles. The van der Waals surface area contributed by atoms with E-state index in [0.29, 0.717) is 22.7 Å². The van der Waals surface area contributed by atoms with Crippen LogP contribution in [0.4, 0.5) is 5.00 Å². The Labute approximate surface area is 166 Å². The molecule has 0 saturated heterocycles. The van der Waals surface area contributed by atoms with Gasteiger partial charge in [0, 0.05) is 29.6 Å². The van der Waals surface area contributed by atoms with Crippen molar-refractivity contribution in [1.29, 1.82) is 0 Å². The van der Waals surface area contributed by atoms with Crippen LogP contribution in [0.25, 0.3) is 0 Å². The molecule has 8 nitrogen and oxygen atoms in total. The summed E-state index contributed by atoms with van der Waals surface area (Å²) in [5.74, 6) is -0.731. The lowest BCUT2D eigenvalue weighted by atomic mass is 10.1. The van der Waals surface area contributed by atoms with Gasteiger partial charge in [0.1, 0.15) is 5.00 Å². The summed E-state index contributed by atoms with van der Waals surface area (Å²) >= 11 is 1.45. The van der Waals surface area contributed by atoms with E-state index in [0.717, 1.165) is 47.5 Å². The van der Waals surface area contributed by atoms with Crippen molar-refractivity contribution in [1.82, 2.24) is 9.78 Å². The van der Waals surface area contributed by atoms with Gasteiger partial charge in [-0.2, -0.15) is 5.10 Å². The van der Waals surface area contributed by atoms with Gasteiger partial charge < -0.3 is 14.9 Å². The molecule has 0 bridgehead atoms. The first-order chi connectivity index (χ1) is 13.5. The number of amides is 1. The summed E-state index contributed by atoms with van der Waals surface area (Å²) in [6.45, 7) is 4.68. The summed E-state index contributed by atoms with van der Waals surface area (Å²) in [6, 6.07) is 0. The molecule has 3 heterocycles. The number of thiophene rings is 1. The van der Waals surface area contributed by atoms with Gasteiger partial charge in [-0.05, 0) is 38.7 Å². The summed E-state index contributed by atoms with van der Waals surface area (Å²) in [4.78, 5) is 31.5. The summed E-state index contributed by atoms with van der Waals surface area (Å²) in [5.41, 5.74) is 3.93. The monoisotopic (exact) mass is 402 g/mol. The molecule has 2 aromatic heterocycles. The number of anilines is 1. The van der Waals surface area contributed by atoms with Gasteiger partial charge in [0.25, 0.3) is 5.91 Å². The molecule has 0 fully saturated rings. The van der Waals surface area contributed by atoms with Gasteiger partial charge in [-0.1, -0.05) is 5.16 Å². The topological polar surface area (TPSA) is 94.8 Å². The number of fused-ring (bicyclic) bond motifs is 1. The van der Waals surface area contributed by atoms with Crippen LogP contribution in [0.5, 0.6) is 0 Å². The smallest absolute Gasteiger partial charge is 0.341 e. The molecule has 2 aromatic rings. The molecule has 1 amide bonds. The zero-order valence-corrected chi connectivity index (χ0v) is 16.9. The van der Waals surface area contributed by atoms with Crippen LogP contribution < -0.4 is 5.32 Å². The molecular formula is C19H22N4O4S. The average Bonchev–Trinajstić information content (AvgIpc) is 3.43. The van der Waals surface area contributed by atoms with Crippen LogP contribution in [0.3, 0.4) is 0 Å². The Balaban J connectivity index is 1.49. The Morgan fingerprint density at radius 2 is 2.25 bits per heavy atom. The molecule has 148 valence electrons. The second kappa shape index (κ2) is 7.38. The zero-order chi connectivity index (χ0) is 19.8. The number of carbonyl (C=O) groups is 2. The van der Waals surface area contributed by atoms with Crippen LogP contribution in [0.15, 0.2) is 11.4 Å². The van der Waals surface area contributed by atoms with Crippen LogP contribution in [0, 0.1) is 6.92 Å². The number of esters is 1. The number of aryl methyl sites for hydroxylation is 3. The molecule has 1 N–H and O–H groups in total. The van der Waals surface area contributed by atoms with E-state index in [1.165, 1.54) is 18.4 Å². The third kappa shape index (κ3) is 3.19. The van der Waals surface area contributed by atoms with Gasteiger partial charge in [-0.3, -0.25) is 9.48 Å². The number of ether oxygens (including phenoxy) is 1. The highest BCUT2D eigenvalue weighted by atomic mass is 32.1. The van der Waals surface area contributed by atoms with Crippen LogP contribution in [-0.2, 0) is 33.8 Å². The zero-order valence-electron chi connectivity index (χ0n) is 16.1. The molecule has 1 aliphatic carbocycles. The molecule has 0 radical (unpaired) electrons. The number of carbonyl (C=O) groups excluding carboxylic acids is 2. The van der Waals surface area contributed by atoms with Crippen molar-refractivity contribution >= 4 is 33.9 Å². The fraction of sp³-hybridized carbons (Fsp3) is 0.474. The first kappa shape index (κ1) is 18.7. The van der Waals surface area contributed by atoms with E-state index in [4.69, 9.17) is 9.57 Å². The first-order valence-corrected chi connectivity index (χ1v) is 10.1. The van der Waals surface area contributed by atoms with E-state index in [2.05, 4.69) is 15.6 Å². The van der Waals surface area contributed by atoms with Crippen molar-refractivity contribution in [3.05, 3.63) is 33.5 Å². The fourth-order valence-corrected chi connectivity index (χ4v) is 4.92. The maximum atomic E-state index is 12.8. The molecule has 0 spiro atoms. The molecule has 4 rings (SSSR count). The summed E-state index contributed by atoms with van der Waals surface area (Å²) < 4.78 is 6.75. The minimum absolute atomic E-state index is 0.315. The maximum absolute atomic E-state index is 12.8. The van der Waals surface area contributed by atoms with Gasteiger partial charge in [0.2, 0.25) is 6.10 Å². The van der Waals surface area contributed by atoms with Gasteiger partial charge in [0.15, 0.2) is 0 Å². The third-order valence-corrected chi connectivity index (χ3v) is 6.30. The number of aromatic nitrogens is 2. The molecule has 1 aliphatic heterocycles. The van der Waals surface area contributed by atoms with Crippen molar-refractivity contribution < 1.29 is 19.2 Å². The number of hydrogen-bond acceptors (Lipinski definition) is 7. The number of nitrogens with one attached hydrogen (secondary N) is 1. The van der Waals surface area contributed by atoms with Crippen LogP contribution in [0.2, 0.25) is 0 Å². The van der Waals surface area contributed by atoms with Crippen molar-refractivity contribution in [2.75, 3.05) is 12.4 Å². The SMILES string of the molecule is CCn1cc(C2=NOC(C(=O)Nc3sc4c(c3C(=O)OC)CCC4)C2)c(C)n1. The number of nitrogens with zero attached hydrogens (tertiary/aromatic N) is 3. The standard InChI is InChI=1S/C19H22N4O4S/c1-4-23-9-12(10(2)21-23)13-8-14(27-22-13)17(24)20-18-16(19(25)26-3)11-6-5-7-15(11)28-18/h9,14H,4-8H2,1-3H3,(H,20,24). The summed E-state index contributed by atoms with van der Waals surface area (Å²) in [5, 5.41) is 11.9. The second-order valence-electron chi connectivity index (χ2n) is 6.86. The van der Waals surface area contributed by atoms with E-state index < -0.39 is 12.1 Å². The lowest BCUT2D eigenvalue weighted by molar-refractivity contribution is -0.125. The fourth-order valence-electron chi connectivity index (χ4n) is 3.64. The van der Waals surface area contributed by atoms with Crippen LogP contribution >= 0.6 is 11.3 Å². The highest BCUT2D eigenvalue weighted by Gasteiger charge is 2.33. The van der Waals surface area contributed by atoms with E-state index in [1.807, 2.05) is 24.7 Å². The van der Waals surface area contributed by atoms with E-state index >= 15 is 0 Å². The average molecular weight is 402 g/mol. The number of oxime groups is 1. The number of hydrogen-bond donors (Lipinski definition) is 1. The highest BCUT2D eigenvalue weighted by Crippen LogP contribution is 2.39. The molecule has 28 heavy (non-hydrogen) atoms. The van der Waals surface area contributed by atoms with Crippen LogP contribution in [-0.4, -0.2) is 40.6 Å². The molecule has 1 atom stereocenters. The van der Waals surface area contributed by atoms with Crippen molar-refractivity contribution in [3.8, 4) is 0 Å². The normalized spacial score (nSPS) is 17.8. The van der Waals surface area contributed by atoms with E-state index in [9.17, 15) is 9.59 Å². The Morgan fingerprint density at radius 3 is 2.96 bits per heavy atom. The quantitative estimate of drug-likeness (QED) is 0.776. The van der Waals surface area contributed by atoms with Gasteiger partial charge >= 0.3 is 5.97 Å². The predicted octanol–water partition coefficient (Wildman–Crippen LogP) is 2.68. The van der Waals surface area contributed by atoms with Gasteiger partial charge in [-0.15, -0.1) is 11.3 Å². The Hall–Kier alpha value is -2.68. The summed E-state index contributed by atoms with van der Waals surface area (Å²) in [6.07, 6.45) is 4.32. The highest BCUT2D eigenvalue weighted by molar-refractivity contribution is 7.17.